The van der Waals surface area contributed by atoms with Gasteiger partial charge in [0, 0.05) is 18.1 Å². The number of anilines is 1. The molecule has 2 heteroatoms. The summed E-state index contributed by atoms with van der Waals surface area (Å²) in [6.07, 6.45) is 0. The van der Waals surface area contributed by atoms with E-state index < -0.39 is 0 Å². The van der Waals surface area contributed by atoms with E-state index in [2.05, 4.69) is 49.5 Å². The van der Waals surface area contributed by atoms with Gasteiger partial charge in [-0.1, -0.05) is 41.5 Å². The second kappa shape index (κ2) is 5.92. The molecule has 0 fully saturated rings. The van der Waals surface area contributed by atoms with Gasteiger partial charge in [-0.25, -0.2) is 0 Å². The molecular formula is C16H18ClN. The van der Waals surface area contributed by atoms with Gasteiger partial charge in [0.1, 0.15) is 0 Å². The molecular weight excluding hydrogens is 242 g/mol. The molecule has 2 aromatic carbocycles. The molecule has 0 heterocycles. The van der Waals surface area contributed by atoms with Crippen LogP contribution in [0.5, 0.6) is 0 Å². The Kier molecular flexibility index (Phi) is 4.27. The van der Waals surface area contributed by atoms with Gasteiger partial charge in [-0.3, -0.25) is 0 Å². The van der Waals surface area contributed by atoms with Crippen LogP contribution in [-0.4, -0.2) is 0 Å². The van der Waals surface area contributed by atoms with Gasteiger partial charge in [0.05, 0.1) is 0 Å². The van der Waals surface area contributed by atoms with Crippen LogP contribution in [0.15, 0.2) is 42.5 Å². The quantitative estimate of drug-likeness (QED) is 0.788. The highest BCUT2D eigenvalue weighted by atomic mass is 35.5. The molecule has 0 aromatic heterocycles. The van der Waals surface area contributed by atoms with Crippen LogP contribution in [-0.2, 0) is 12.4 Å². The molecule has 0 atom stereocenters. The predicted molar refractivity (Wildman–Crippen MR) is 79.2 cm³/mol. The Morgan fingerprint density at radius 3 is 2.33 bits per heavy atom. The molecule has 18 heavy (non-hydrogen) atoms. The van der Waals surface area contributed by atoms with Crippen LogP contribution in [0.2, 0.25) is 0 Å². The molecule has 0 aliphatic carbocycles. The first-order valence-corrected chi connectivity index (χ1v) is 6.67. The Labute approximate surface area is 114 Å². The van der Waals surface area contributed by atoms with Crippen LogP contribution in [0.25, 0.3) is 0 Å². The van der Waals surface area contributed by atoms with Gasteiger partial charge < -0.3 is 5.32 Å². The van der Waals surface area contributed by atoms with Gasteiger partial charge >= 0.3 is 0 Å². The molecule has 0 amide bonds. The lowest BCUT2D eigenvalue weighted by atomic mass is 10.1. The number of benzene rings is 2. The van der Waals surface area contributed by atoms with Crippen molar-refractivity contribution in [2.75, 3.05) is 5.32 Å². The second-order valence-corrected chi connectivity index (χ2v) is 4.95. The Bertz CT molecular complexity index is 514. The van der Waals surface area contributed by atoms with Crippen molar-refractivity contribution in [1.29, 1.82) is 0 Å². The molecule has 0 saturated carbocycles. The van der Waals surface area contributed by atoms with E-state index in [0.717, 1.165) is 17.8 Å². The maximum Gasteiger partial charge on any atom is 0.0474 e. The fourth-order valence-corrected chi connectivity index (χ4v) is 2.31. The van der Waals surface area contributed by atoms with E-state index in [1.807, 2.05) is 12.1 Å². The molecule has 2 aromatic rings. The zero-order valence-electron chi connectivity index (χ0n) is 10.8. The van der Waals surface area contributed by atoms with E-state index in [-0.39, 0.29) is 0 Å². The van der Waals surface area contributed by atoms with Crippen molar-refractivity contribution < 1.29 is 0 Å². The average molecular weight is 260 g/mol. The fourth-order valence-electron chi connectivity index (χ4n) is 2.14. The van der Waals surface area contributed by atoms with E-state index in [1.54, 1.807) is 0 Å². The van der Waals surface area contributed by atoms with Gasteiger partial charge in [-0.05, 0) is 37.1 Å². The average Bonchev–Trinajstić information content (AvgIpc) is 2.35. The topological polar surface area (TPSA) is 12.0 Å². The second-order valence-electron chi connectivity index (χ2n) is 4.68. The molecule has 94 valence electrons. The first-order valence-electron chi connectivity index (χ1n) is 6.13. The van der Waals surface area contributed by atoms with E-state index in [0.29, 0.717) is 5.88 Å². The van der Waals surface area contributed by atoms with Gasteiger partial charge in [0.2, 0.25) is 0 Å². The number of nitrogens with one attached hydrogen (secondary N) is 1. The maximum atomic E-state index is 5.83. The van der Waals surface area contributed by atoms with Crippen molar-refractivity contribution in [2.24, 2.45) is 0 Å². The first-order chi connectivity index (χ1) is 8.67. The molecule has 1 nitrogen and oxygen atoms in total. The van der Waals surface area contributed by atoms with Crippen molar-refractivity contribution in [3.8, 4) is 0 Å². The summed E-state index contributed by atoms with van der Waals surface area (Å²) in [6, 6.07) is 14.8. The first kappa shape index (κ1) is 13.0. The monoisotopic (exact) mass is 259 g/mol. The summed E-state index contributed by atoms with van der Waals surface area (Å²) in [5.74, 6) is 0.555. The van der Waals surface area contributed by atoms with Crippen molar-refractivity contribution in [3.63, 3.8) is 0 Å². The normalized spacial score (nSPS) is 10.4. The standard InChI is InChI=1S/C16H18ClN/c1-12-6-13(2)8-15(7-12)11-18-16-5-3-4-14(9-16)10-17/h3-9,18H,10-11H2,1-2H3. The van der Waals surface area contributed by atoms with Crippen LogP contribution >= 0.6 is 11.6 Å². The number of rotatable bonds is 4. The lowest BCUT2D eigenvalue weighted by Gasteiger charge is -2.09. The van der Waals surface area contributed by atoms with Crippen molar-refractivity contribution >= 4 is 17.3 Å². The summed E-state index contributed by atoms with van der Waals surface area (Å²) >= 11 is 5.83. The number of hydrogen-bond acceptors (Lipinski definition) is 1. The summed E-state index contributed by atoms with van der Waals surface area (Å²) in [6.45, 7) is 5.10. The van der Waals surface area contributed by atoms with E-state index in [9.17, 15) is 0 Å². The Hall–Kier alpha value is -1.47. The Morgan fingerprint density at radius 2 is 1.67 bits per heavy atom. The molecule has 0 bridgehead atoms. The number of halogens is 1. The summed E-state index contributed by atoms with van der Waals surface area (Å²) in [5, 5.41) is 3.43. The molecule has 0 saturated heterocycles. The fraction of sp³-hybridized carbons (Fsp3) is 0.250. The van der Waals surface area contributed by atoms with E-state index >= 15 is 0 Å². The highest BCUT2D eigenvalue weighted by Gasteiger charge is 1.98. The Morgan fingerprint density at radius 1 is 0.944 bits per heavy atom. The molecule has 2 rings (SSSR count). The third-order valence-corrected chi connectivity index (χ3v) is 3.17. The molecule has 1 N–H and O–H groups in total. The third-order valence-electron chi connectivity index (χ3n) is 2.86. The van der Waals surface area contributed by atoms with Crippen molar-refractivity contribution in [1.82, 2.24) is 0 Å². The molecule has 0 radical (unpaired) electrons. The SMILES string of the molecule is Cc1cc(C)cc(CNc2cccc(CCl)c2)c1. The number of aryl methyl sites for hydroxylation is 2. The lowest BCUT2D eigenvalue weighted by molar-refractivity contribution is 1.13. The van der Waals surface area contributed by atoms with Crippen LogP contribution in [0.4, 0.5) is 5.69 Å². The minimum atomic E-state index is 0.555. The minimum Gasteiger partial charge on any atom is -0.381 e. The summed E-state index contributed by atoms with van der Waals surface area (Å²) in [7, 11) is 0. The number of alkyl halides is 1. The summed E-state index contributed by atoms with van der Waals surface area (Å²) in [4.78, 5) is 0. The van der Waals surface area contributed by atoms with Gasteiger partial charge in [-0.15, -0.1) is 11.6 Å². The summed E-state index contributed by atoms with van der Waals surface area (Å²) in [5.41, 5.74) is 6.18. The largest absolute Gasteiger partial charge is 0.381 e. The van der Waals surface area contributed by atoms with Crippen LogP contribution < -0.4 is 5.32 Å². The van der Waals surface area contributed by atoms with Gasteiger partial charge in [-0.2, -0.15) is 0 Å². The molecule has 0 unspecified atom stereocenters. The van der Waals surface area contributed by atoms with Gasteiger partial charge in [0.25, 0.3) is 0 Å². The third kappa shape index (κ3) is 3.51. The Balaban J connectivity index is 2.06. The zero-order valence-corrected chi connectivity index (χ0v) is 11.6. The van der Waals surface area contributed by atoms with Crippen molar-refractivity contribution in [2.45, 2.75) is 26.3 Å². The maximum absolute atomic E-state index is 5.83. The van der Waals surface area contributed by atoms with Crippen LogP contribution in [0.3, 0.4) is 0 Å². The molecule has 0 aliphatic rings. The highest BCUT2D eigenvalue weighted by molar-refractivity contribution is 6.17. The number of hydrogen-bond donors (Lipinski definition) is 1. The van der Waals surface area contributed by atoms with Gasteiger partial charge in [0.15, 0.2) is 0 Å². The lowest BCUT2D eigenvalue weighted by Crippen LogP contribution is -2.00. The minimum absolute atomic E-state index is 0.555. The van der Waals surface area contributed by atoms with Crippen molar-refractivity contribution in [3.05, 3.63) is 64.7 Å². The van der Waals surface area contributed by atoms with E-state index in [4.69, 9.17) is 11.6 Å². The predicted octanol–water partition coefficient (Wildman–Crippen LogP) is 4.65. The van der Waals surface area contributed by atoms with E-state index in [1.165, 1.54) is 16.7 Å². The van der Waals surface area contributed by atoms with Crippen LogP contribution in [0.1, 0.15) is 22.3 Å². The highest BCUT2D eigenvalue weighted by Crippen LogP contribution is 2.15. The smallest absolute Gasteiger partial charge is 0.0474 e. The summed E-state index contributed by atoms with van der Waals surface area (Å²) < 4.78 is 0. The molecule has 0 aliphatic heterocycles. The molecule has 0 spiro atoms. The zero-order chi connectivity index (χ0) is 13.0. The van der Waals surface area contributed by atoms with Crippen LogP contribution in [0, 0.1) is 13.8 Å².